The van der Waals surface area contributed by atoms with E-state index in [-0.39, 0.29) is 12.1 Å². The van der Waals surface area contributed by atoms with Gasteiger partial charge >= 0.3 is 0 Å². The van der Waals surface area contributed by atoms with Crippen molar-refractivity contribution in [3.63, 3.8) is 0 Å². The Hall–Kier alpha value is -5.28. The summed E-state index contributed by atoms with van der Waals surface area (Å²) in [5.41, 5.74) is 9.56. The molecule has 0 saturated heterocycles. The van der Waals surface area contributed by atoms with Crippen molar-refractivity contribution in [2.24, 2.45) is 0 Å². The minimum atomic E-state index is 0.0285. The van der Waals surface area contributed by atoms with Crippen LogP contribution in [-0.2, 0) is 5.41 Å². The third-order valence-electron chi connectivity index (χ3n) is 9.53. The Morgan fingerprint density at radius 2 is 0.956 bits per heavy atom. The highest BCUT2D eigenvalue weighted by molar-refractivity contribution is 6.98. The van der Waals surface area contributed by atoms with Crippen molar-refractivity contribution in [2.75, 3.05) is 0 Å². The molecular formula is C42H31BO2. The van der Waals surface area contributed by atoms with Crippen molar-refractivity contribution >= 4 is 44.6 Å². The fourth-order valence-electron chi connectivity index (χ4n) is 7.41. The average Bonchev–Trinajstić information content (AvgIpc) is 3.06. The van der Waals surface area contributed by atoms with E-state index in [0.29, 0.717) is 0 Å². The molecule has 2 nitrogen and oxygen atoms in total. The third kappa shape index (κ3) is 3.97. The minimum Gasteiger partial charge on any atom is -0.458 e. The maximum atomic E-state index is 6.81. The highest BCUT2D eigenvalue weighted by atomic mass is 16.5. The second-order valence-electron chi connectivity index (χ2n) is 13.3. The molecule has 0 spiro atoms. The predicted octanol–water partition coefficient (Wildman–Crippen LogP) is 9.35. The van der Waals surface area contributed by atoms with Gasteiger partial charge in [0.25, 0.3) is 6.71 Å². The van der Waals surface area contributed by atoms with E-state index in [1.54, 1.807) is 0 Å². The molecule has 0 N–H and O–H groups in total. The molecule has 0 unspecified atom stereocenters. The monoisotopic (exact) mass is 578 g/mol. The quantitative estimate of drug-likeness (QED) is 0.150. The lowest BCUT2D eigenvalue weighted by Gasteiger charge is -2.34. The Labute approximate surface area is 264 Å². The molecule has 0 bridgehead atoms. The van der Waals surface area contributed by atoms with Gasteiger partial charge in [0.2, 0.25) is 0 Å². The lowest BCUT2D eigenvalue weighted by atomic mass is 9.34. The van der Waals surface area contributed by atoms with Gasteiger partial charge in [-0.25, -0.2) is 0 Å². The van der Waals surface area contributed by atoms with E-state index in [2.05, 4.69) is 154 Å². The molecule has 0 atom stereocenters. The normalized spacial score (nSPS) is 13.1. The summed E-state index contributed by atoms with van der Waals surface area (Å²) >= 11 is 0. The zero-order chi connectivity index (χ0) is 30.3. The number of para-hydroxylation sites is 1. The largest absolute Gasteiger partial charge is 0.458 e. The van der Waals surface area contributed by atoms with E-state index >= 15 is 0 Å². The van der Waals surface area contributed by atoms with E-state index < -0.39 is 0 Å². The van der Waals surface area contributed by atoms with Gasteiger partial charge in [-0.1, -0.05) is 130 Å². The summed E-state index contributed by atoms with van der Waals surface area (Å²) in [5, 5.41) is 4.88. The van der Waals surface area contributed by atoms with E-state index in [9.17, 15) is 0 Å². The summed E-state index contributed by atoms with van der Waals surface area (Å²) in [6.45, 7) is 6.83. The number of hydrogen-bond acceptors (Lipinski definition) is 2. The van der Waals surface area contributed by atoms with Crippen molar-refractivity contribution < 1.29 is 9.47 Å². The Kier molecular flexibility index (Phi) is 5.59. The number of hydrogen-bond donors (Lipinski definition) is 0. The van der Waals surface area contributed by atoms with Crippen molar-refractivity contribution in [2.45, 2.75) is 26.2 Å². The average molecular weight is 579 g/mol. The van der Waals surface area contributed by atoms with Crippen LogP contribution in [0.3, 0.4) is 0 Å². The first kappa shape index (κ1) is 26.2. The topological polar surface area (TPSA) is 18.5 Å². The number of ether oxygens (including phenoxy) is 2. The third-order valence-corrected chi connectivity index (χ3v) is 9.53. The molecule has 9 rings (SSSR count). The maximum Gasteiger partial charge on any atom is 0.260 e. The molecule has 214 valence electrons. The minimum absolute atomic E-state index is 0.0285. The number of fused-ring (bicyclic) bond motifs is 6. The summed E-state index contributed by atoms with van der Waals surface area (Å²) < 4.78 is 13.5. The summed E-state index contributed by atoms with van der Waals surface area (Å²) in [6.07, 6.45) is 0. The summed E-state index contributed by atoms with van der Waals surface area (Å²) in [5.74, 6) is 3.53. The molecule has 0 amide bonds. The molecule has 0 aromatic heterocycles. The lowest BCUT2D eigenvalue weighted by molar-refractivity contribution is 0.464. The molecule has 7 aromatic carbocycles. The molecular weight excluding hydrogens is 547 g/mol. The van der Waals surface area contributed by atoms with Crippen molar-refractivity contribution in [3.05, 3.63) is 139 Å². The molecule has 2 heterocycles. The molecule has 2 aliphatic heterocycles. The standard InChI is InChI=1S/C42H31BO2/c1-42(2,3)28-21-22-36-34(25-28)43-33-19-11-12-20-35(33)44-37-23-27(24-38(45-36)41(37)43)40-31-17-9-7-15-29(31)39(26-13-5-4-6-14-26)30-16-8-10-18-32(30)40/h4-25H,1-3H3. The van der Waals surface area contributed by atoms with Gasteiger partial charge in [-0.2, -0.15) is 0 Å². The van der Waals surface area contributed by atoms with Gasteiger partial charge in [0, 0.05) is 5.46 Å². The van der Waals surface area contributed by atoms with Gasteiger partial charge in [0.1, 0.15) is 23.0 Å². The van der Waals surface area contributed by atoms with Gasteiger partial charge in [0.05, 0.1) is 0 Å². The second-order valence-corrected chi connectivity index (χ2v) is 13.3. The number of benzene rings is 7. The Balaban J connectivity index is 1.33. The molecule has 0 radical (unpaired) electrons. The van der Waals surface area contributed by atoms with E-state index in [0.717, 1.165) is 34.0 Å². The van der Waals surface area contributed by atoms with Gasteiger partial charge in [-0.05, 0) is 90.0 Å². The molecule has 7 aromatic rings. The second kappa shape index (κ2) is 9.61. The van der Waals surface area contributed by atoms with Gasteiger partial charge in [-0.15, -0.1) is 0 Å². The first-order chi connectivity index (χ1) is 22.0. The van der Waals surface area contributed by atoms with Crippen molar-refractivity contribution in [1.29, 1.82) is 0 Å². The predicted molar refractivity (Wildman–Crippen MR) is 189 cm³/mol. The first-order valence-electron chi connectivity index (χ1n) is 15.7. The van der Waals surface area contributed by atoms with Crippen LogP contribution in [0.4, 0.5) is 0 Å². The number of rotatable bonds is 2. The van der Waals surface area contributed by atoms with Crippen LogP contribution in [0.25, 0.3) is 43.8 Å². The Morgan fingerprint density at radius 1 is 0.444 bits per heavy atom. The zero-order valence-corrected chi connectivity index (χ0v) is 25.6. The summed E-state index contributed by atoms with van der Waals surface area (Å²) in [6, 6.07) is 47.9. The van der Waals surface area contributed by atoms with Crippen LogP contribution in [0.1, 0.15) is 26.3 Å². The van der Waals surface area contributed by atoms with Crippen LogP contribution in [0.5, 0.6) is 23.0 Å². The lowest BCUT2D eigenvalue weighted by Crippen LogP contribution is -2.57. The van der Waals surface area contributed by atoms with E-state index in [1.165, 1.54) is 54.7 Å². The van der Waals surface area contributed by atoms with Gasteiger partial charge in [0.15, 0.2) is 0 Å². The fourth-order valence-corrected chi connectivity index (χ4v) is 7.41. The van der Waals surface area contributed by atoms with E-state index in [1.807, 2.05) is 0 Å². The van der Waals surface area contributed by atoms with Gasteiger partial charge < -0.3 is 9.47 Å². The zero-order valence-electron chi connectivity index (χ0n) is 25.6. The summed E-state index contributed by atoms with van der Waals surface area (Å²) in [4.78, 5) is 0. The summed E-state index contributed by atoms with van der Waals surface area (Å²) in [7, 11) is 0. The highest BCUT2D eigenvalue weighted by Gasteiger charge is 2.41. The molecule has 0 aliphatic carbocycles. The smallest absolute Gasteiger partial charge is 0.260 e. The molecule has 0 saturated carbocycles. The first-order valence-corrected chi connectivity index (χ1v) is 15.7. The van der Waals surface area contributed by atoms with Crippen LogP contribution in [0, 0.1) is 0 Å². The SMILES string of the molecule is CC(C)(C)c1ccc2c(c1)B1c3ccccc3Oc3cc(-c4c5ccccc5c(-c5ccccc5)c5ccccc45)cc(c31)O2. The Morgan fingerprint density at radius 3 is 1.56 bits per heavy atom. The molecule has 45 heavy (non-hydrogen) atoms. The van der Waals surface area contributed by atoms with Crippen LogP contribution in [-0.4, -0.2) is 6.71 Å². The molecule has 2 aliphatic rings. The maximum absolute atomic E-state index is 6.81. The van der Waals surface area contributed by atoms with Crippen LogP contribution in [0.15, 0.2) is 133 Å². The van der Waals surface area contributed by atoms with E-state index in [4.69, 9.17) is 9.47 Å². The molecule has 3 heteroatoms. The molecule has 0 fully saturated rings. The van der Waals surface area contributed by atoms with Crippen molar-refractivity contribution in [1.82, 2.24) is 0 Å². The van der Waals surface area contributed by atoms with Gasteiger partial charge in [-0.3, -0.25) is 0 Å². The Bertz CT molecular complexity index is 2240. The van der Waals surface area contributed by atoms with Crippen LogP contribution in [0.2, 0.25) is 0 Å². The fraction of sp³-hybridized carbons (Fsp3) is 0.0952. The van der Waals surface area contributed by atoms with Crippen LogP contribution < -0.4 is 25.9 Å². The van der Waals surface area contributed by atoms with Crippen LogP contribution >= 0.6 is 0 Å². The highest BCUT2D eigenvalue weighted by Crippen LogP contribution is 2.46. The van der Waals surface area contributed by atoms with Crippen molar-refractivity contribution in [3.8, 4) is 45.3 Å².